The minimum absolute atomic E-state index is 0.0199. The molecular formula is C26H33ClN4O5S. The van der Waals surface area contributed by atoms with Gasteiger partial charge >= 0.3 is 0 Å². The Morgan fingerprint density at radius 3 is 2.41 bits per heavy atom. The summed E-state index contributed by atoms with van der Waals surface area (Å²) in [6, 6.07) is 11.2. The van der Waals surface area contributed by atoms with Gasteiger partial charge in [0.05, 0.1) is 22.4 Å². The summed E-state index contributed by atoms with van der Waals surface area (Å²) in [4.78, 5) is 29.8. The summed E-state index contributed by atoms with van der Waals surface area (Å²) in [5, 5.41) is 3.10. The van der Waals surface area contributed by atoms with Crippen molar-refractivity contribution in [2.75, 3.05) is 58.2 Å². The Morgan fingerprint density at radius 1 is 1.05 bits per heavy atom. The Hall–Kier alpha value is -2.66. The molecule has 2 aromatic rings. The van der Waals surface area contributed by atoms with Crippen LogP contribution in [0.2, 0.25) is 5.02 Å². The molecule has 0 aliphatic carbocycles. The molecule has 2 heterocycles. The number of anilines is 1. The number of piperazine rings is 1. The quantitative estimate of drug-likeness (QED) is 0.570. The average Bonchev–Trinajstić information content (AvgIpc) is 2.90. The number of carbonyl (C=O) groups is 2. The van der Waals surface area contributed by atoms with Crippen molar-refractivity contribution in [3.63, 3.8) is 0 Å². The van der Waals surface area contributed by atoms with Crippen molar-refractivity contribution in [1.29, 1.82) is 0 Å². The molecule has 37 heavy (non-hydrogen) atoms. The molecule has 2 saturated heterocycles. The predicted molar refractivity (Wildman–Crippen MR) is 143 cm³/mol. The summed E-state index contributed by atoms with van der Waals surface area (Å²) < 4.78 is 33.2. The van der Waals surface area contributed by atoms with E-state index in [1.54, 1.807) is 30.3 Å². The molecule has 4 rings (SSSR count). The van der Waals surface area contributed by atoms with E-state index in [9.17, 15) is 18.0 Å². The monoisotopic (exact) mass is 548 g/mol. The van der Waals surface area contributed by atoms with Crippen molar-refractivity contribution in [3.05, 3.63) is 53.1 Å². The molecule has 0 spiro atoms. The molecule has 0 saturated carbocycles. The number of likely N-dealkylation sites (N-methyl/N-ethyl adjacent to an activating group) is 1. The second-order valence-corrected chi connectivity index (χ2v) is 11.7. The highest BCUT2D eigenvalue weighted by Crippen LogP contribution is 2.31. The smallest absolute Gasteiger partial charge is 0.253 e. The molecule has 0 bridgehead atoms. The van der Waals surface area contributed by atoms with Crippen LogP contribution in [-0.2, 0) is 14.8 Å². The van der Waals surface area contributed by atoms with Gasteiger partial charge in [-0.3, -0.25) is 9.59 Å². The Balaban J connectivity index is 1.37. The second kappa shape index (κ2) is 11.8. The maximum absolute atomic E-state index is 13.2. The number of piperidine rings is 1. The highest BCUT2D eigenvalue weighted by molar-refractivity contribution is 7.89. The molecule has 9 nitrogen and oxygen atoms in total. The Morgan fingerprint density at radius 2 is 1.76 bits per heavy atom. The van der Waals surface area contributed by atoms with Gasteiger partial charge in [0.1, 0.15) is 5.75 Å². The molecule has 2 aliphatic rings. The summed E-state index contributed by atoms with van der Waals surface area (Å²) in [7, 11) is -1.78. The van der Waals surface area contributed by atoms with Crippen LogP contribution >= 0.6 is 11.6 Å². The first-order valence-electron chi connectivity index (χ1n) is 12.5. The van der Waals surface area contributed by atoms with Crippen molar-refractivity contribution in [2.24, 2.45) is 5.92 Å². The molecule has 2 amide bonds. The number of hydrogen-bond donors (Lipinski definition) is 1. The third-order valence-corrected chi connectivity index (χ3v) is 8.94. The number of nitrogens with zero attached hydrogens (tertiary/aromatic N) is 3. The molecule has 2 aromatic carbocycles. The SMILES string of the molecule is CCOc1ccc(S(=O)(=O)N2CCC[C@@H](C(=O)Nc3ccc(C(=O)N4CCN(C)CC4)cc3)C2)cc1Cl. The van der Waals surface area contributed by atoms with E-state index in [1.165, 1.54) is 16.4 Å². The zero-order valence-electron chi connectivity index (χ0n) is 21.2. The van der Waals surface area contributed by atoms with Gasteiger partial charge in [-0.15, -0.1) is 0 Å². The van der Waals surface area contributed by atoms with Gasteiger partial charge in [0, 0.05) is 50.5 Å². The second-order valence-electron chi connectivity index (χ2n) is 9.39. The van der Waals surface area contributed by atoms with Crippen molar-refractivity contribution < 1.29 is 22.7 Å². The minimum atomic E-state index is -3.82. The highest BCUT2D eigenvalue weighted by atomic mass is 35.5. The number of sulfonamides is 1. The normalized spacial score (nSPS) is 19.4. The van der Waals surface area contributed by atoms with Crippen LogP contribution in [0.4, 0.5) is 5.69 Å². The minimum Gasteiger partial charge on any atom is -0.492 e. The molecule has 11 heteroatoms. The number of halogens is 1. The van der Waals surface area contributed by atoms with E-state index >= 15 is 0 Å². The summed E-state index contributed by atoms with van der Waals surface area (Å²) in [6.07, 6.45) is 1.16. The van der Waals surface area contributed by atoms with E-state index in [0.717, 1.165) is 13.1 Å². The Labute approximate surface area is 223 Å². The maximum atomic E-state index is 13.2. The number of ether oxygens (including phenoxy) is 1. The maximum Gasteiger partial charge on any atom is 0.253 e. The van der Waals surface area contributed by atoms with Gasteiger partial charge in [0.15, 0.2) is 0 Å². The first-order chi connectivity index (χ1) is 17.7. The summed E-state index contributed by atoms with van der Waals surface area (Å²) >= 11 is 6.21. The van der Waals surface area contributed by atoms with Crippen LogP contribution in [0.1, 0.15) is 30.1 Å². The van der Waals surface area contributed by atoms with Crippen LogP contribution in [0, 0.1) is 5.92 Å². The first kappa shape index (κ1) is 27.4. The molecule has 200 valence electrons. The fraction of sp³-hybridized carbons (Fsp3) is 0.462. The van der Waals surface area contributed by atoms with Crippen LogP contribution in [0.25, 0.3) is 0 Å². The van der Waals surface area contributed by atoms with Crippen LogP contribution in [0.5, 0.6) is 5.75 Å². The van der Waals surface area contributed by atoms with Gasteiger partial charge in [-0.25, -0.2) is 8.42 Å². The fourth-order valence-corrected chi connectivity index (χ4v) is 6.42. The lowest BCUT2D eigenvalue weighted by molar-refractivity contribution is -0.120. The molecule has 0 unspecified atom stereocenters. The largest absolute Gasteiger partial charge is 0.492 e. The average molecular weight is 549 g/mol. The molecule has 2 fully saturated rings. The van der Waals surface area contributed by atoms with Gasteiger partial charge in [-0.2, -0.15) is 4.31 Å². The van der Waals surface area contributed by atoms with Gasteiger partial charge < -0.3 is 19.9 Å². The molecule has 1 atom stereocenters. The number of nitrogens with one attached hydrogen (secondary N) is 1. The number of benzene rings is 2. The van der Waals surface area contributed by atoms with Gasteiger partial charge in [-0.1, -0.05) is 11.6 Å². The van der Waals surface area contributed by atoms with E-state index in [4.69, 9.17) is 16.3 Å². The third kappa shape index (κ3) is 6.43. The lowest BCUT2D eigenvalue weighted by Gasteiger charge is -2.32. The zero-order chi connectivity index (χ0) is 26.6. The molecule has 0 aromatic heterocycles. The zero-order valence-corrected chi connectivity index (χ0v) is 22.7. The van der Waals surface area contributed by atoms with Gasteiger partial charge in [-0.05, 0) is 69.3 Å². The summed E-state index contributed by atoms with van der Waals surface area (Å²) in [6.45, 7) is 5.74. The number of amides is 2. The third-order valence-electron chi connectivity index (χ3n) is 6.79. The van der Waals surface area contributed by atoms with E-state index in [-0.39, 0.29) is 28.3 Å². The van der Waals surface area contributed by atoms with E-state index in [1.807, 2.05) is 18.9 Å². The van der Waals surface area contributed by atoms with Gasteiger partial charge in [0.25, 0.3) is 5.91 Å². The number of rotatable bonds is 7. The lowest BCUT2D eigenvalue weighted by atomic mass is 9.98. The topological polar surface area (TPSA) is 99.3 Å². The lowest BCUT2D eigenvalue weighted by Crippen LogP contribution is -2.47. The summed E-state index contributed by atoms with van der Waals surface area (Å²) in [5.74, 6) is -0.333. The van der Waals surface area contributed by atoms with E-state index in [0.29, 0.717) is 56.1 Å². The number of carbonyl (C=O) groups excluding carboxylic acids is 2. The molecule has 2 aliphatic heterocycles. The van der Waals surface area contributed by atoms with Crippen LogP contribution < -0.4 is 10.1 Å². The van der Waals surface area contributed by atoms with Crippen LogP contribution in [-0.4, -0.2) is 87.3 Å². The number of hydrogen-bond acceptors (Lipinski definition) is 6. The fourth-order valence-electron chi connectivity index (χ4n) is 4.57. The van der Waals surface area contributed by atoms with Crippen LogP contribution in [0.3, 0.4) is 0 Å². The van der Waals surface area contributed by atoms with E-state index in [2.05, 4.69) is 10.2 Å². The highest BCUT2D eigenvalue weighted by Gasteiger charge is 2.33. The van der Waals surface area contributed by atoms with E-state index < -0.39 is 15.9 Å². The first-order valence-corrected chi connectivity index (χ1v) is 14.3. The molecule has 0 radical (unpaired) electrons. The van der Waals surface area contributed by atoms with Crippen molar-refractivity contribution >= 4 is 39.1 Å². The Kier molecular flexibility index (Phi) is 8.74. The standard InChI is InChI=1S/C26H33ClN4O5S/c1-3-36-24-11-10-22(17-23(24)27)37(34,35)31-12-4-5-20(18-31)25(32)28-21-8-6-19(7-9-21)26(33)30-15-13-29(2)14-16-30/h6-11,17,20H,3-5,12-16,18H2,1-2H3,(H,28,32)/t20-/m1/s1. The predicted octanol–water partition coefficient (Wildman–Crippen LogP) is 3.17. The summed E-state index contributed by atoms with van der Waals surface area (Å²) in [5.41, 5.74) is 1.14. The van der Waals surface area contributed by atoms with Crippen molar-refractivity contribution in [2.45, 2.75) is 24.7 Å². The van der Waals surface area contributed by atoms with Crippen LogP contribution in [0.15, 0.2) is 47.4 Å². The van der Waals surface area contributed by atoms with Gasteiger partial charge in [0.2, 0.25) is 15.9 Å². The van der Waals surface area contributed by atoms with Crippen molar-refractivity contribution in [1.82, 2.24) is 14.1 Å². The molecular weight excluding hydrogens is 516 g/mol. The Bertz CT molecular complexity index is 1230. The van der Waals surface area contributed by atoms with Crippen molar-refractivity contribution in [3.8, 4) is 5.75 Å². The molecule has 1 N–H and O–H groups in total.